The highest BCUT2D eigenvalue weighted by Crippen LogP contribution is 2.57. The van der Waals surface area contributed by atoms with Crippen molar-refractivity contribution in [2.24, 2.45) is 0 Å². The van der Waals surface area contributed by atoms with Crippen LogP contribution in [0.15, 0.2) is 29.3 Å². The Labute approximate surface area is 79.8 Å². The van der Waals surface area contributed by atoms with Gasteiger partial charge in [-0.1, -0.05) is 35.9 Å². The molecule has 0 unspecified atom stereocenters. The number of allylic oxidation sites excluding steroid dienone is 2. The van der Waals surface area contributed by atoms with Crippen molar-refractivity contribution >= 4 is 17.2 Å². The van der Waals surface area contributed by atoms with E-state index in [0.29, 0.717) is 5.56 Å². The minimum absolute atomic E-state index is 0.0210. The molecule has 2 rings (SSSR count). The maximum Gasteiger partial charge on any atom is 0.311 e. The van der Waals surface area contributed by atoms with Gasteiger partial charge in [-0.2, -0.15) is 8.78 Å². The first-order valence-electron chi connectivity index (χ1n) is 3.89. The molecule has 3 heteroatoms. The first kappa shape index (κ1) is 8.70. The third-order valence-electron chi connectivity index (χ3n) is 2.16. The molecule has 0 saturated carbocycles. The highest BCUT2D eigenvalue weighted by molar-refractivity contribution is 6.40. The van der Waals surface area contributed by atoms with Gasteiger partial charge in [-0.15, -0.1) is 0 Å². The SMILES string of the molecule is Cc1ccccc1C1=C(Cl)C1(F)F. The van der Waals surface area contributed by atoms with Gasteiger partial charge in [0.15, 0.2) is 0 Å². The summed E-state index contributed by atoms with van der Waals surface area (Å²) in [4.78, 5) is 0. The van der Waals surface area contributed by atoms with Crippen LogP contribution in [0.2, 0.25) is 0 Å². The van der Waals surface area contributed by atoms with Crippen molar-refractivity contribution < 1.29 is 8.78 Å². The summed E-state index contributed by atoms with van der Waals surface area (Å²) in [7, 11) is 0. The summed E-state index contributed by atoms with van der Waals surface area (Å²) in [5.74, 6) is -2.88. The summed E-state index contributed by atoms with van der Waals surface area (Å²) < 4.78 is 25.7. The first-order chi connectivity index (χ1) is 6.05. The number of hydrogen-bond donors (Lipinski definition) is 0. The normalized spacial score (nSPS) is 19.1. The van der Waals surface area contributed by atoms with Crippen LogP contribution in [0.1, 0.15) is 11.1 Å². The van der Waals surface area contributed by atoms with E-state index in [1.165, 1.54) is 0 Å². The maximum atomic E-state index is 12.8. The molecule has 1 aromatic carbocycles. The van der Waals surface area contributed by atoms with E-state index in [0.717, 1.165) is 5.56 Å². The fourth-order valence-electron chi connectivity index (χ4n) is 1.35. The van der Waals surface area contributed by atoms with Crippen molar-refractivity contribution in [1.82, 2.24) is 0 Å². The highest BCUT2D eigenvalue weighted by Gasteiger charge is 2.56. The molecule has 0 radical (unpaired) electrons. The average Bonchev–Trinajstić information content (AvgIpc) is 2.54. The van der Waals surface area contributed by atoms with E-state index >= 15 is 0 Å². The lowest BCUT2D eigenvalue weighted by Gasteiger charge is -2.01. The van der Waals surface area contributed by atoms with Crippen molar-refractivity contribution in [2.45, 2.75) is 12.8 Å². The Balaban J connectivity index is 2.45. The van der Waals surface area contributed by atoms with Crippen LogP contribution in [0.5, 0.6) is 0 Å². The smallest absolute Gasteiger partial charge is 0.195 e. The lowest BCUT2D eigenvalue weighted by atomic mass is 10.1. The topological polar surface area (TPSA) is 0 Å². The minimum Gasteiger partial charge on any atom is -0.195 e. The molecule has 1 aliphatic rings. The van der Waals surface area contributed by atoms with Gasteiger partial charge in [-0.05, 0) is 18.1 Å². The molecule has 0 spiro atoms. The van der Waals surface area contributed by atoms with Crippen LogP contribution < -0.4 is 0 Å². The molecule has 0 amide bonds. The summed E-state index contributed by atoms with van der Waals surface area (Å²) in [6, 6.07) is 7.00. The largest absolute Gasteiger partial charge is 0.311 e. The van der Waals surface area contributed by atoms with Crippen LogP contribution in [0.3, 0.4) is 0 Å². The Morgan fingerprint density at radius 2 is 1.77 bits per heavy atom. The fourth-order valence-corrected chi connectivity index (χ4v) is 1.62. The van der Waals surface area contributed by atoms with Crippen LogP contribution >= 0.6 is 11.6 Å². The predicted molar refractivity (Wildman–Crippen MR) is 48.9 cm³/mol. The van der Waals surface area contributed by atoms with Gasteiger partial charge < -0.3 is 0 Å². The van der Waals surface area contributed by atoms with Crippen molar-refractivity contribution in [1.29, 1.82) is 0 Å². The van der Waals surface area contributed by atoms with Crippen LogP contribution in [0, 0.1) is 6.92 Å². The van der Waals surface area contributed by atoms with Crippen LogP contribution in [-0.4, -0.2) is 5.92 Å². The zero-order chi connectivity index (χ0) is 9.64. The molecular weight excluding hydrogens is 194 g/mol. The molecule has 68 valence electrons. The average molecular weight is 201 g/mol. The van der Waals surface area contributed by atoms with Crippen LogP contribution in [0.25, 0.3) is 5.57 Å². The van der Waals surface area contributed by atoms with E-state index in [2.05, 4.69) is 0 Å². The zero-order valence-electron chi connectivity index (χ0n) is 6.94. The number of alkyl halides is 2. The quantitative estimate of drug-likeness (QED) is 0.650. The number of hydrogen-bond acceptors (Lipinski definition) is 0. The molecule has 13 heavy (non-hydrogen) atoms. The lowest BCUT2D eigenvalue weighted by Crippen LogP contribution is -1.96. The second-order valence-corrected chi connectivity index (χ2v) is 3.46. The molecule has 0 fully saturated rings. The molecule has 0 nitrogen and oxygen atoms in total. The van der Waals surface area contributed by atoms with Crippen molar-refractivity contribution in [3.05, 3.63) is 40.4 Å². The minimum atomic E-state index is -2.88. The Morgan fingerprint density at radius 1 is 1.23 bits per heavy atom. The molecule has 1 aromatic rings. The summed E-state index contributed by atoms with van der Waals surface area (Å²) in [5.41, 5.74) is 1.36. The monoisotopic (exact) mass is 200 g/mol. The lowest BCUT2D eigenvalue weighted by molar-refractivity contribution is 0.155. The summed E-state index contributed by atoms with van der Waals surface area (Å²) >= 11 is 5.38. The molecule has 0 N–H and O–H groups in total. The Hall–Kier alpha value is -0.890. The molecule has 0 atom stereocenters. The van der Waals surface area contributed by atoms with Gasteiger partial charge >= 0.3 is 5.92 Å². The summed E-state index contributed by atoms with van der Waals surface area (Å²) in [6.07, 6.45) is 0. The molecular formula is C10H7ClF2. The number of aryl methyl sites for hydroxylation is 1. The van der Waals surface area contributed by atoms with E-state index < -0.39 is 5.92 Å². The second kappa shape index (κ2) is 2.55. The van der Waals surface area contributed by atoms with Crippen molar-refractivity contribution in [3.63, 3.8) is 0 Å². The number of benzene rings is 1. The summed E-state index contributed by atoms with van der Waals surface area (Å²) in [6.45, 7) is 1.79. The van der Waals surface area contributed by atoms with Crippen LogP contribution in [0.4, 0.5) is 8.78 Å². The third-order valence-corrected chi connectivity index (χ3v) is 2.59. The number of rotatable bonds is 1. The predicted octanol–water partition coefficient (Wildman–Crippen LogP) is 3.59. The van der Waals surface area contributed by atoms with Gasteiger partial charge in [0.25, 0.3) is 0 Å². The Morgan fingerprint density at radius 3 is 2.23 bits per heavy atom. The Bertz CT molecular complexity index is 394. The van der Waals surface area contributed by atoms with E-state index in [9.17, 15) is 8.78 Å². The van der Waals surface area contributed by atoms with Gasteiger partial charge in [0, 0.05) is 0 Å². The molecule has 0 aliphatic heterocycles. The van der Waals surface area contributed by atoms with Gasteiger partial charge in [0.05, 0.1) is 5.57 Å². The fraction of sp³-hybridized carbons (Fsp3) is 0.200. The molecule has 1 aliphatic carbocycles. The van der Waals surface area contributed by atoms with Crippen molar-refractivity contribution in [2.75, 3.05) is 0 Å². The van der Waals surface area contributed by atoms with E-state index in [-0.39, 0.29) is 10.6 Å². The maximum absolute atomic E-state index is 12.8. The van der Waals surface area contributed by atoms with Crippen LogP contribution in [-0.2, 0) is 0 Å². The van der Waals surface area contributed by atoms with Gasteiger partial charge in [0.2, 0.25) is 0 Å². The van der Waals surface area contributed by atoms with Gasteiger partial charge in [0.1, 0.15) is 5.03 Å². The Kier molecular flexibility index (Phi) is 1.70. The van der Waals surface area contributed by atoms with E-state index in [4.69, 9.17) is 11.6 Å². The van der Waals surface area contributed by atoms with Gasteiger partial charge in [-0.25, -0.2) is 0 Å². The molecule has 0 heterocycles. The highest BCUT2D eigenvalue weighted by atomic mass is 35.5. The number of halogens is 3. The van der Waals surface area contributed by atoms with Gasteiger partial charge in [-0.3, -0.25) is 0 Å². The molecule has 0 bridgehead atoms. The molecule has 0 saturated heterocycles. The van der Waals surface area contributed by atoms with E-state index in [1.54, 1.807) is 25.1 Å². The molecule has 0 aromatic heterocycles. The summed E-state index contributed by atoms with van der Waals surface area (Å²) in [5, 5.41) is -0.318. The third kappa shape index (κ3) is 1.17. The first-order valence-corrected chi connectivity index (χ1v) is 4.27. The standard InChI is InChI=1S/C10H7ClF2/c1-6-4-2-3-5-7(6)8-9(11)10(8,12)13/h2-5H,1H3. The van der Waals surface area contributed by atoms with Crippen molar-refractivity contribution in [3.8, 4) is 0 Å². The second-order valence-electron chi connectivity index (χ2n) is 3.08. The van der Waals surface area contributed by atoms with E-state index in [1.807, 2.05) is 6.07 Å². The zero-order valence-corrected chi connectivity index (χ0v) is 7.70.